The Morgan fingerprint density at radius 2 is 1.42 bits per heavy atom. The van der Waals surface area contributed by atoms with Gasteiger partial charge < -0.3 is 29.9 Å². The van der Waals surface area contributed by atoms with Gasteiger partial charge in [-0.15, -0.1) is 0 Å². The van der Waals surface area contributed by atoms with E-state index in [1.807, 2.05) is 0 Å². The highest BCUT2D eigenvalue weighted by molar-refractivity contribution is 5.88. The van der Waals surface area contributed by atoms with Crippen LogP contribution >= 0.6 is 0 Å². The quantitative estimate of drug-likeness (QED) is 0.0888. The normalized spacial score (nSPS) is 35.2. The van der Waals surface area contributed by atoms with Crippen molar-refractivity contribution in [2.75, 3.05) is 6.61 Å². The number of rotatable bonds is 8. The molecule has 9 heteroatoms. The minimum Gasteiger partial charge on any atom is -0.508 e. The summed E-state index contributed by atoms with van der Waals surface area (Å²) >= 11 is 0. The maximum atomic E-state index is 13.6. The summed E-state index contributed by atoms with van der Waals surface area (Å²) < 4.78 is 12.5. The molecule has 8 unspecified atom stereocenters. The largest absolute Gasteiger partial charge is 0.508 e. The van der Waals surface area contributed by atoms with E-state index >= 15 is 0 Å². The van der Waals surface area contributed by atoms with Crippen molar-refractivity contribution in [2.45, 2.75) is 112 Å². The van der Waals surface area contributed by atoms with Crippen molar-refractivity contribution in [1.29, 1.82) is 0 Å². The number of benzene rings is 2. The van der Waals surface area contributed by atoms with Gasteiger partial charge in [0.15, 0.2) is 11.5 Å². The second-order valence-corrected chi connectivity index (χ2v) is 19.8. The van der Waals surface area contributed by atoms with E-state index < -0.39 is 22.8 Å². The number of allylic oxidation sites excluding steroid dienone is 1. The fourth-order valence-corrected chi connectivity index (χ4v) is 12.9. The van der Waals surface area contributed by atoms with Crippen LogP contribution in [0.3, 0.4) is 0 Å². The first kappa shape index (κ1) is 40.7. The van der Waals surface area contributed by atoms with Crippen molar-refractivity contribution in [2.24, 2.45) is 50.2 Å². The van der Waals surface area contributed by atoms with Crippen LogP contribution in [-0.2, 0) is 23.9 Å². The van der Waals surface area contributed by atoms with Crippen molar-refractivity contribution < 1.29 is 44.3 Å². The van der Waals surface area contributed by atoms with Gasteiger partial charge in [0.1, 0.15) is 18.5 Å². The lowest BCUT2D eigenvalue weighted by Crippen LogP contribution is -2.67. The van der Waals surface area contributed by atoms with E-state index in [1.54, 1.807) is 42.5 Å². The van der Waals surface area contributed by atoms with Crippen LogP contribution in [0.5, 0.6) is 17.2 Å². The minimum absolute atomic E-state index is 0.0247. The Bertz CT molecular complexity index is 2010. The van der Waals surface area contributed by atoms with Crippen LogP contribution in [0, 0.1) is 50.2 Å². The van der Waals surface area contributed by atoms with Crippen molar-refractivity contribution in [3.05, 3.63) is 77.4 Å². The van der Waals surface area contributed by atoms with Gasteiger partial charge in [0.25, 0.3) is 0 Å². The van der Waals surface area contributed by atoms with Gasteiger partial charge in [-0.2, -0.15) is 0 Å². The van der Waals surface area contributed by atoms with Gasteiger partial charge in [0.05, 0.1) is 5.41 Å². The molecule has 0 spiro atoms. The number of carbonyl (C=O) groups is 3. The van der Waals surface area contributed by atoms with Crippen LogP contribution in [0.1, 0.15) is 117 Å². The standard InChI is InChI=1S/C48H60O9/c1-43(2)23-24-47(42(54)55)25-26-48(29-56-40(52)17-11-31-9-15-35(50)36(51)27-31)33(34(47)28-43)14-16-38-45(5)21-20-39(44(3,4)37(45)19-22-46(38,48)6)57-41(53)18-10-30-7-12-32(49)13-8-30/h7-15,17-18,27,34,37-39,49-51H,16,19-26,28-29H2,1-6H3,(H,54,55). The van der Waals surface area contributed by atoms with Crippen LogP contribution in [0.25, 0.3) is 12.2 Å². The Morgan fingerprint density at radius 1 is 0.754 bits per heavy atom. The third-order valence-corrected chi connectivity index (χ3v) is 16.1. The number of aromatic hydroxyl groups is 3. The number of ether oxygens (including phenoxy) is 2. The number of hydrogen-bond acceptors (Lipinski definition) is 8. The van der Waals surface area contributed by atoms with Crippen molar-refractivity contribution in [3.8, 4) is 17.2 Å². The molecule has 0 aromatic heterocycles. The van der Waals surface area contributed by atoms with Gasteiger partial charge in [-0.1, -0.05) is 71.4 Å². The van der Waals surface area contributed by atoms with Gasteiger partial charge in [-0.25, -0.2) is 9.59 Å². The molecule has 4 saturated carbocycles. The highest BCUT2D eigenvalue weighted by Crippen LogP contribution is 2.76. The van der Waals surface area contributed by atoms with Gasteiger partial charge >= 0.3 is 17.9 Å². The first-order valence-corrected chi connectivity index (χ1v) is 20.7. The van der Waals surface area contributed by atoms with Crippen molar-refractivity contribution in [3.63, 3.8) is 0 Å². The van der Waals surface area contributed by atoms with E-state index in [1.165, 1.54) is 29.9 Å². The summed E-state index contributed by atoms with van der Waals surface area (Å²) in [5.41, 5.74) is 0.352. The molecule has 4 N–H and O–H groups in total. The van der Waals surface area contributed by atoms with Gasteiger partial charge in [-0.3, -0.25) is 4.79 Å². The van der Waals surface area contributed by atoms with E-state index in [0.717, 1.165) is 50.5 Å². The number of phenolic OH excluding ortho intramolecular Hbond substituents is 3. The molecule has 7 rings (SSSR count). The van der Waals surface area contributed by atoms with Gasteiger partial charge in [0.2, 0.25) is 0 Å². The predicted molar refractivity (Wildman–Crippen MR) is 218 cm³/mol. The Labute approximate surface area is 336 Å². The van der Waals surface area contributed by atoms with Crippen molar-refractivity contribution in [1.82, 2.24) is 0 Å². The molecule has 2 aromatic carbocycles. The summed E-state index contributed by atoms with van der Waals surface area (Å²) in [5, 5.41) is 40.3. The third kappa shape index (κ3) is 6.86. The zero-order valence-corrected chi connectivity index (χ0v) is 34.3. The average Bonchev–Trinajstić information content (AvgIpc) is 3.15. The van der Waals surface area contributed by atoms with Gasteiger partial charge in [0, 0.05) is 23.0 Å². The maximum Gasteiger partial charge on any atom is 0.331 e. The first-order chi connectivity index (χ1) is 26.8. The fourth-order valence-electron chi connectivity index (χ4n) is 12.9. The Morgan fingerprint density at radius 3 is 2.12 bits per heavy atom. The molecular formula is C48H60O9. The molecule has 0 aliphatic heterocycles. The molecule has 0 bridgehead atoms. The van der Waals surface area contributed by atoms with Crippen LogP contribution in [0.2, 0.25) is 0 Å². The molecule has 0 amide bonds. The van der Waals surface area contributed by atoms with Crippen LogP contribution in [-0.4, -0.2) is 51.0 Å². The molecule has 0 saturated heterocycles. The Balaban J connectivity index is 1.20. The topological polar surface area (TPSA) is 151 Å². The number of carboxylic acids is 1. The molecule has 0 radical (unpaired) electrons. The molecule has 4 fully saturated rings. The summed E-state index contributed by atoms with van der Waals surface area (Å²) in [5.74, 6) is -1.65. The number of fused-ring (bicyclic) bond motifs is 7. The molecule has 57 heavy (non-hydrogen) atoms. The number of carbonyl (C=O) groups excluding carboxylic acids is 2. The van der Waals surface area contributed by atoms with Crippen molar-refractivity contribution >= 4 is 30.1 Å². The maximum absolute atomic E-state index is 13.6. The fraction of sp³-hybridized carbons (Fsp3) is 0.562. The molecule has 5 aliphatic carbocycles. The van der Waals surface area contributed by atoms with Crippen LogP contribution < -0.4 is 0 Å². The van der Waals surface area contributed by atoms with Gasteiger partial charge in [-0.05, 0) is 146 Å². The number of esters is 2. The molecule has 0 heterocycles. The average molecular weight is 781 g/mol. The second-order valence-electron chi connectivity index (χ2n) is 19.8. The molecular weight excluding hydrogens is 721 g/mol. The Kier molecular flexibility index (Phi) is 10.3. The first-order valence-electron chi connectivity index (χ1n) is 20.7. The lowest BCUT2D eigenvalue weighted by molar-refractivity contribution is -0.221. The number of carboxylic acid groups (broad SMARTS) is 1. The van der Waals surface area contributed by atoms with Crippen LogP contribution in [0.15, 0.2) is 66.3 Å². The number of aliphatic carboxylic acids is 1. The Hall–Kier alpha value is -4.53. The molecule has 2 aromatic rings. The summed E-state index contributed by atoms with van der Waals surface area (Å²) in [6.45, 7) is 14.0. The van der Waals surface area contributed by atoms with E-state index in [9.17, 15) is 34.8 Å². The zero-order chi connectivity index (χ0) is 41.2. The molecule has 306 valence electrons. The SMILES string of the molecule is CC1(C)CCC2(C(=O)O)CCC3(COC(=O)C=Cc4ccc(O)c(O)c4)C(=CCC4C5(C)CCC(OC(=O)C=Cc6ccc(O)cc6)C(C)(C)C5CCC43C)C2C1. The highest BCUT2D eigenvalue weighted by Gasteiger charge is 2.71. The predicted octanol–water partition coefficient (Wildman–Crippen LogP) is 9.85. The summed E-state index contributed by atoms with van der Waals surface area (Å²) in [6, 6.07) is 11.0. The minimum atomic E-state index is -0.847. The molecule has 9 nitrogen and oxygen atoms in total. The highest BCUT2D eigenvalue weighted by atomic mass is 16.5. The van der Waals surface area contributed by atoms with E-state index in [-0.39, 0.29) is 75.3 Å². The second kappa shape index (κ2) is 14.4. The zero-order valence-electron chi connectivity index (χ0n) is 34.3. The monoisotopic (exact) mass is 780 g/mol. The number of phenols is 3. The number of hydrogen-bond donors (Lipinski definition) is 4. The smallest absolute Gasteiger partial charge is 0.331 e. The van der Waals surface area contributed by atoms with E-state index in [2.05, 4.69) is 47.6 Å². The molecule has 5 aliphatic rings. The lowest BCUT2D eigenvalue weighted by Gasteiger charge is -2.71. The lowest BCUT2D eigenvalue weighted by atomic mass is 9.33. The van der Waals surface area contributed by atoms with E-state index in [4.69, 9.17) is 9.47 Å². The summed E-state index contributed by atoms with van der Waals surface area (Å²) in [6.07, 6.45) is 15.8. The third-order valence-electron chi connectivity index (χ3n) is 16.1. The molecule has 8 atom stereocenters. The van der Waals surface area contributed by atoms with Crippen LogP contribution in [0.4, 0.5) is 0 Å². The van der Waals surface area contributed by atoms with E-state index in [0.29, 0.717) is 24.8 Å². The summed E-state index contributed by atoms with van der Waals surface area (Å²) in [7, 11) is 0. The summed E-state index contributed by atoms with van der Waals surface area (Å²) in [4.78, 5) is 40.1.